The highest BCUT2D eigenvalue weighted by Gasteiger charge is 2.51. The van der Waals surface area contributed by atoms with E-state index >= 15 is 0 Å². The summed E-state index contributed by atoms with van der Waals surface area (Å²) >= 11 is 0. The van der Waals surface area contributed by atoms with Gasteiger partial charge in [0.25, 0.3) is 0 Å². The second-order valence-electron chi connectivity index (χ2n) is 26.4. The Morgan fingerprint density at radius 2 is 0.753 bits per heavy atom. The van der Waals surface area contributed by atoms with Crippen molar-refractivity contribution in [3.63, 3.8) is 0 Å². The van der Waals surface area contributed by atoms with Crippen LogP contribution in [0.3, 0.4) is 0 Å². The van der Waals surface area contributed by atoms with Gasteiger partial charge in [0.05, 0.1) is 32.0 Å². The molecule has 0 radical (unpaired) electrons. The number of nitrogens with one attached hydrogen (secondary N) is 1. The van der Waals surface area contributed by atoms with Crippen molar-refractivity contribution in [1.82, 2.24) is 5.32 Å². The van der Waals surface area contributed by atoms with Gasteiger partial charge < -0.3 is 65.1 Å². The molecule has 2 aliphatic heterocycles. The summed E-state index contributed by atoms with van der Waals surface area (Å²) < 4.78 is 22.9. The monoisotopic (exact) mass is 1260 g/mol. The topological polar surface area (TPSA) is 228 Å². The Morgan fingerprint density at radius 3 is 1.17 bits per heavy atom. The van der Waals surface area contributed by atoms with E-state index in [0.29, 0.717) is 12.8 Å². The van der Waals surface area contributed by atoms with Gasteiger partial charge in [-0.3, -0.25) is 4.79 Å². The van der Waals surface area contributed by atoms with Crippen LogP contribution >= 0.6 is 0 Å². The quantitative estimate of drug-likeness (QED) is 0.0204. The maximum atomic E-state index is 13.3. The van der Waals surface area contributed by atoms with Crippen LogP contribution in [0, 0.1) is 0 Å². The van der Waals surface area contributed by atoms with Crippen LogP contribution in [0.1, 0.15) is 328 Å². The van der Waals surface area contributed by atoms with Gasteiger partial charge in [0.2, 0.25) is 5.91 Å². The fourth-order valence-electron chi connectivity index (χ4n) is 12.3. The lowest BCUT2D eigenvalue weighted by molar-refractivity contribution is -0.359. The molecular formula is C75H139NO13. The Kier molecular flexibility index (Phi) is 55.7. The van der Waals surface area contributed by atoms with Crippen LogP contribution in [-0.2, 0) is 23.7 Å². The molecular weight excluding hydrogens is 1120 g/mol. The van der Waals surface area contributed by atoms with Gasteiger partial charge in [0, 0.05) is 6.42 Å². The number of aliphatic hydroxyl groups excluding tert-OH is 8. The van der Waals surface area contributed by atoms with Crippen molar-refractivity contribution in [2.75, 3.05) is 19.8 Å². The number of ether oxygens (including phenoxy) is 4. The molecule has 0 bridgehead atoms. The van der Waals surface area contributed by atoms with E-state index < -0.39 is 86.8 Å². The number of allylic oxidation sites excluding steroid dienone is 7. The van der Waals surface area contributed by atoms with Gasteiger partial charge in [-0.1, -0.05) is 306 Å². The highest BCUT2D eigenvalue weighted by molar-refractivity contribution is 5.76. The number of amides is 1. The SMILES string of the molecule is CCCCCCC/C=C\C/C=C\CCCCCCCCCCCCCCCC(=O)NC(COC1OC(CO)C(OC2OC(CO)C(O)C(O)C2O)C(O)C1O)C(O)/C=C/CC/C=C/CCCCCCCCCCCCCCCCCCCCCCCCCC. The third-order valence-corrected chi connectivity index (χ3v) is 18.2. The van der Waals surface area contributed by atoms with E-state index in [1.165, 1.54) is 257 Å². The molecule has 1 amide bonds. The Balaban J connectivity index is 1.67. The zero-order valence-electron chi connectivity index (χ0n) is 56.9. The molecule has 9 N–H and O–H groups in total. The first-order valence-corrected chi connectivity index (χ1v) is 37.4. The van der Waals surface area contributed by atoms with E-state index in [-0.39, 0.29) is 18.9 Å². The van der Waals surface area contributed by atoms with Crippen molar-refractivity contribution >= 4 is 5.91 Å². The van der Waals surface area contributed by atoms with Crippen molar-refractivity contribution in [2.24, 2.45) is 0 Å². The average molecular weight is 1260 g/mol. The molecule has 2 saturated heterocycles. The first-order valence-electron chi connectivity index (χ1n) is 37.4. The summed E-state index contributed by atoms with van der Waals surface area (Å²) in [5, 5.41) is 87.5. The van der Waals surface area contributed by atoms with Crippen molar-refractivity contribution in [2.45, 2.75) is 402 Å². The number of aliphatic hydroxyl groups is 8. The van der Waals surface area contributed by atoms with E-state index in [2.05, 4.69) is 55.6 Å². The minimum absolute atomic E-state index is 0.246. The van der Waals surface area contributed by atoms with Crippen LogP contribution in [0.4, 0.5) is 0 Å². The molecule has 12 unspecified atom stereocenters. The van der Waals surface area contributed by atoms with Gasteiger partial charge in [-0.15, -0.1) is 0 Å². The summed E-state index contributed by atoms with van der Waals surface area (Å²) in [6, 6.07) is -0.934. The van der Waals surface area contributed by atoms with E-state index in [9.17, 15) is 45.6 Å². The highest BCUT2D eigenvalue weighted by atomic mass is 16.7. The summed E-state index contributed by atoms with van der Waals surface area (Å²) in [6.07, 6.45) is 61.8. The minimum Gasteiger partial charge on any atom is -0.394 e. The van der Waals surface area contributed by atoms with E-state index in [4.69, 9.17) is 18.9 Å². The molecule has 0 spiro atoms. The molecule has 2 fully saturated rings. The Bertz CT molecular complexity index is 1680. The lowest BCUT2D eigenvalue weighted by Gasteiger charge is -2.46. The molecule has 0 aromatic heterocycles. The number of carbonyl (C=O) groups excluding carboxylic acids is 1. The van der Waals surface area contributed by atoms with Crippen molar-refractivity contribution in [3.05, 3.63) is 48.6 Å². The zero-order chi connectivity index (χ0) is 64.5. The van der Waals surface area contributed by atoms with E-state index in [1.807, 2.05) is 6.08 Å². The highest BCUT2D eigenvalue weighted by Crippen LogP contribution is 2.30. The van der Waals surface area contributed by atoms with Gasteiger partial charge in [0.1, 0.15) is 48.8 Å². The average Bonchev–Trinajstić information content (AvgIpc) is 1.37. The minimum atomic E-state index is -1.79. The summed E-state index contributed by atoms with van der Waals surface area (Å²) in [5.41, 5.74) is 0. The first-order chi connectivity index (χ1) is 43.6. The molecule has 0 saturated carbocycles. The fourth-order valence-corrected chi connectivity index (χ4v) is 12.3. The molecule has 2 aliphatic rings. The van der Waals surface area contributed by atoms with Crippen LogP contribution < -0.4 is 5.32 Å². The summed E-state index contributed by atoms with van der Waals surface area (Å²) in [6.45, 7) is 2.82. The predicted octanol–water partition coefficient (Wildman–Crippen LogP) is 15.9. The standard InChI is InChI=1S/C75H139NO13/c1-3-5-7-9-11-13-15-17-19-21-23-25-27-29-30-31-32-33-35-36-38-40-42-44-46-48-50-52-54-56-58-64(79)63(62-86-74-72(85)70(83)73(66(61-78)88-74)89-75-71(84)69(82)68(81)65(60-77)87-75)76-67(80)59-57-55-53-51-49-47-45-43-41-39-37-34-28-26-24-22-20-18-16-14-12-10-8-6-4-2/h16,18,22,24,48,50,56,58,63-66,68-75,77-79,81-85H,3-15,17,19-21,23,25-47,49,51-55,57,59-62H2,1-2H3,(H,76,80)/b18-16-,24-22-,50-48+,58-56+. The maximum Gasteiger partial charge on any atom is 0.220 e. The number of rotatable bonds is 62. The van der Waals surface area contributed by atoms with Crippen molar-refractivity contribution in [3.8, 4) is 0 Å². The van der Waals surface area contributed by atoms with Crippen LogP contribution in [0.15, 0.2) is 48.6 Å². The van der Waals surface area contributed by atoms with E-state index in [1.54, 1.807) is 6.08 Å². The van der Waals surface area contributed by atoms with Crippen LogP contribution in [0.25, 0.3) is 0 Å². The van der Waals surface area contributed by atoms with Gasteiger partial charge >= 0.3 is 0 Å². The van der Waals surface area contributed by atoms with Crippen molar-refractivity contribution < 1.29 is 64.6 Å². The number of carbonyl (C=O) groups is 1. The Labute approximate surface area is 543 Å². The molecule has 0 aliphatic carbocycles. The molecule has 89 heavy (non-hydrogen) atoms. The smallest absolute Gasteiger partial charge is 0.220 e. The van der Waals surface area contributed by atoms with Crippen molar-refractivity contribution in [1.29, 1.82) is 0 Å². The molecule has 14 heteroatoms. The van der Waals surface area contributed by atoms with Crippen LogP contribution in [0.2, 0.25) is 0 Å². The number of hydrogen-bond donors (Lipinski definition) is 9. The predicted molar refractivity (Wildman–Crippen MR) is 364 cm³/mol. The van der Waals surface area contributed by atoms with Gasteiger partial charge in [-0.05, 0) is 64.2 Å². The Hall–Kier alpha value is -2.05. The second kappa shape index (κ2) is 59.7. The molecule has 0 aromatic carbocycles. The Morgan fingerprint density at radius 1 is 0.404 bits per heavy atom. The van der Waals surface area contributed by atoms with Gasteiger partial charge in [-0.25, -0.2) is 0 Å². The fraction of sp³-hybridized carbons (Fsp3) is 0.880. The molecule has 522 valence electrons. The summed E-state index contributed by atoms with van der Waals surface area (Å²) in [5.74, 6) is -0.246. The number of hydrogen-bond acceptors (Lipinski definition) is 13. The largest absolute Gasteiger partial charge is 0.394 e. The lowest BCUT2D eigenvalue weighted by Crippen LogP contribution is -2.65. The second-order valence-corrected chi connectivity index (χ2v) is 26.4. The molecule has 2 rings (SSSR count). The molecule has 2 heterocycles. The molecule has 0 aromatic rings. The lowest BCUT2D eigenvalue weighted by atomic mass is 9.97. The third-order valence-electron chi connectivity index (χ3n) is 18.2. The summed E-state index contributed by atoms with van der Waals surface area (Å²) in [7, 11) is 0. The maximum absolute atomic E-state index is 13.3. The summed E-state index contributed by atoms with van der Waals surface area (Å²) in [4.78, 5) is 13.3. The van der Waals surface area contributed by atoms with Crippen LogP contribution in [-0.4, -0.2) is 140 Å². The molecule has 12 atom stereocenters. The van der Waals surface area contributed by atoms with Crippen LogP contribution in [0.5, 0.6) is 0 Å². The first kappa shape index (κ1) is 83.0. The van der Waals surface area contributed by atoms with Gasteiger partial charge in [-0.2, -0.15) is 0 Å². The van der Waals surface area contributed by atoms with Gasteiger partial charge in [0.15, 0.2) is 12.6 Å². The number of unbranched alkanes of at least 4 members (excludes halogenated alkanes) is 43. The third kappa shape index (κ3) is 43.5. The molecule has 14 nitrogen and oxygen atoms in total. The zero-order valence-corrected chi connectivity index (χ0v) is 56.9. The normalized spacial score (nSPS) is 23.3. The van der Waals surface area contributed by atoms with E-state index in [0.717, 1.165) is 38.5 Å².